The number of hydrogen-bond donors (Lipinski definition) is 0. The third-order valence-corrected chi connectivity index (χ3v) is 2.52. The van der Waals surface area contributed by atoms with E-state index in [1.54, 1.807) is 10.9 Å². The number of alkyl halides is 1. The topological polar surface area (TPSA) is 17.8 Å². The molecule has 0 N–H and O–H groups in total. The van der Waals surface area contributed by atoms with Gasteiger partial charge in [-0.3, -0.25) is 0 Å². The van der Waals surface area contributed by atoms with Crippen LogP contribution in [0.5, 0.6) is 0 Å². The zero-order valence-corrected chi connectivity index (χ0v) is 8.83. The van der Waals surface area contributed by atoms with Crippen molar-refractivity contribution >= 4 is 23.2 Å². The molecule has 4 heteroatoms. The summed E-state index contributed by atoms with van der Waals surface area (Å²) in [6, 6.07) is 7.55. The lowest BCUT2D eigenvalue weighted by Gasteiger charge is -2.02. The number of rotatable bonds is 2. The van der Waals surface area contributed by atoms with Crippen LogP contribution in [0.3, 0.4) is 0 Å². The van der Waals surface area contributed by atoms with Crippen molar-refractivity contribution in [1.29, 1.82) is 0 Å². The highest BCUT2D eigenvalue weighted by Crippen LogP contribution is 2.19. The third kappa shape index (κ3) is 1.76. The molecule has 1 aromatic carbocycles. The highest BCUT2D eigenvalue weighted by Gasteiger charge is 2.03. The normalized spacial score (nSPS) is 10.4. The van der Waals surface area contributed by atoms with E-state index in [9.17, 15) is 0 Å². The number of para-hydroxylation sites is 1. The molecular formula is C10H8Cl2N2. The zero-order chi connectivity index (χ0) is 9.97. The molecule has 0 atom stereocenters. The molecular weight excluding hydrogens is 219 g/mol. The molecule has 1 aromatic heterocycles. The fraction of sp³-hybridized carbons (Fsp3) is 0.100. The Kier molecular flexibility index (Phi) is 2.75. The summed E-state index contributed by atoms with van der Waals surface area (Å²) in [5.41, 5.74) is 1.84. The van der Waals surface area contributed by atoms with Gasteiger partial charge in [0.2, 0.25) is 0 Å². The SMILES string of the molecule is ClCc1cnn(-c2ccccc2Cl)c1. The van der Waals surface area contributed by atoms with Crippen molar-refractivity contribution in [3.8, 4) is 5.69 Å². The second kappa shape index (κ2) is 4.03. The molecule has 1 heterocycles. The lowest BCUT2D eigenvalue weighted by atomic mass is 10.3. The van der Waals surface area contributed by atoms with Crippen molar-refractivity contribution in [2.75, 3.05) is 0 Å². The minimum absolute atomic E-state index is 0.463. The van der Waals surface area contributed by atoms with Crippen molar-refractivity contribution in [3.05, 3.63) is 47.2 Å². The van der Waals surface area contributed by atoms with Crippen LogP contribution < -0.4 is 0 Å². The molecule has 2 aromatic rings. The third-order valence-electron chi connectivity index (χ3n) is 1.89. The fourth-order valence-electron chi connectivity index (χ4n) is 1.20. The van der Waals surface area contributed by atoms with E-state index in [-0.39, 0.29) is 0 Å². The van der Waals surface area contributed by atoms with E-state index in [1.807, 2.05) is 30.5 Å². The van der Waals surface area contributed by atoms with E-state index < -0.39 is 0 Å². The molecule has 0 radical (unpaired) electrons. The monoisotopic (exact) mass is 226 g/mol. The molecule has 2 rings (SSSR count). The smallest absolute Gasteiger partial charge is 0.0831 e. The van der Waals surface area contributed by atoms with Crippen LogP contribution in [0.25, 0.3) is 5.69 Å². The van der Waals surface area contributed by atoms with Crippen LogP contribution in [0.2, 0.25) is 5.02 Å². The Balaban J connectivity index is 2.44. The van der Waals surface area contributed by atoms with Crippen LogP contribution in [0, 0.1) is 0 Å². The van der Waals surface area contributed by atoms with E-state index >= 15 is 0 Å². The molecule has 0 saturated carbocycles. The first-order valence-corrected chi connectivity index (χ1v) is 5.07. The molecule has 0 fully saturated rings. The largest absolute Gasteiger partial charge is 0.239 e. The summed E-state index contributed by atoms with van der Waals surface area (Å²) in [7, 11) is 0. The Morgan fingerprint density at radius 3 is 2.71 bits per heavy atom. The average molecular weight is 227 g/mol. The lowest BCUT2D eigenvalue weighted by Crippen LogP contribution is -1.94. The van der Waals surface area contributed by atoms with Crippen molar-refractivity contribution in [2.45, 2.75) is 5.88 Å². The first kappa shape index (κ1) is 9.56. The van der Waals surface area contributed by atoms with Gasteiger partial charge in [-0.25, -0.2) is 4.68 Å². The molecule has 0 spiro atoms. The molecule has 0 aliphatic carbocycles. The van der Waals surface area contributed by atoms with Gasteiger partial charge in [-0.05, 0) is 12.1 Å². The van der Waals surface area contributed by atoms with Gasteiger partial charge in [0.15, 0.2) is 0 Å². The molecule has 0 aliphatic heterocycles. The Hall–Kier alpha value is -0.990. The van der Waals surface area contributed by atoms with Gasteiger partial charge in [0.1, 0.15) is 0 Å². The van der Waals surface area contributed by atoms with E-state index in [2.05, 4.69) is 5.10 Å². The molecule has 2 nitrogen and oxygen atoms in total. The van der Waals surface area contributed by atoms with Crippen molar-refractivity contribution in [1.82, 2.24) is 9.78 Å². The summed E-state index contributed by atoms with van der Waals surface area (Å²) in [5, 5.41) is 4.84. The van der Waals surface area contributed by atoms with Gasteiger partial charge in [-0.2, -0.15) is 5.10 Å². The summed E-state index contributed by atoms with van der Waals surface area (Å²) < 4.78 is 1.72. The number of halogens is 2. The van der Waals surface area contributed by atoms with Gasteiger partial charge in [-0.1, -0.05) is 23.7 Å². The van der Waals surface area contributed by atoms with Crippen LogP contribution in [-0.4, -0.2) is 9.78 Å². The number of benzene rings is 1. The van der Waals surface area contributed by atoms with Crippen LogP contribution in [0.4, 0.5) is 0 Å². The summed E-state index contributed by atoms with van der Waals surface area (Å²) in [4.78, 5) is 0. The molecule has 14 heavy (non-hydrogen) atoms. The first-order valence-electron chi connectivity index (χ1n) is 4.15. The quantitative estimate of drug-likeness (QED) is 0.720. The number of nitrogens with zero attached hydrogens (tertiary/aromatic N) is 2. The van der Waals surface area contributed by atoms with Gasteiger partial charge in [-0.15, -0.1) is 11.6 Å². The summed E-state index contributed by atoms with van der Waals surface area (Å²) in [6.45, 7) is 0. The fourth-order valence-corrected chi connectivity index (χ4v) is 1.56. The van der Waals surface area contributed by atoms with Crippen LogP contribution in [0.1, 0.15) is 5.56 Å². The molecule has 72 valence electrons. The summed E-state index contributed by atoms with van der Waals surface area (Å²) in [6.07, 6.45) is 3.60. The van der Waals surface area contributed by atoms with Gasteiger partial charge >= 0.3 is 0 Å². The lowest BCUT2D eigenvalue weighted by molar-refractivity contribution is 0.880. The number of hydrogen-bond acceptors (Lipinski definition) is 1. The van der Waals surface area contributed by atoms with Crippen LogP contribution in [0.15, 0.2) is 36.7 Å². The second-order valence-electron chi connectivity index (χ2n) is 2.88. The predicted octanol–water partition coefficient (Wildman–Crippen LogP) is 3.26. The zero-order valence-electron chi connectivity index (χ0n) is 7.32. The van der Waals surface area contributed by atoms with E-state index in [0.29, 0.717) is 10.9 Å². The minimum atomic E-state index is 0.463. The Morgan fingerprint density at radius 2 is 2.07 bits per heavy atom. The summed E-state index contributed by atoms with van der Waals surface area (Å²) >= 11 is 11.7. The first-order chi connectivity index (χ1) is 6.81. The highest BCUT2D eigenvalue weighted by atomic mass is 35.5. The van der Waals surface area contributed by atoms with E-state index in [0.717, 1.165) is 11.3 Å². The minimum Gasteiger partial charge on any atom is -0.239 e. The Labute approximate surface area is 92.1 Å². The molecule has 0 bridgehead atoms. The average Bonchev–Trinajstić information content (AvgIpc) is 2.67. The van der Waals surface area contributed by atoms with Crippen LogP contribution in [-0.2, 0) is 5.88 Å². The van der Waals surface area contributed by atoms with Crippen molar-refractivity contribution < 1.29 is 0 Å². The van der Waals surface area contributed by atoms with Crippen molar-refractivity contribution in [2.24, 2.45) is 0 Å². The molecule has 0 amide bonds. The second-order valence-corrected chi connectivity index (χ2v) is 3.55. The maximum Gasteiger partial charge on any atom is 0.0831 e. The van der Waals surface area contributed by atoms with E-state index in [1.165, 1.54) is 0 Å². The Bertz CT molecular complexity index is 437. The Morgan fingerprint density at radius 1 is 1.29 bits per heavy atom. The van der Waals surface area contributed by atoms with Gasteiger partial charge in [0, 0.05) is 11.8 Å². The molecule has 0 saturated heterocycles. The summed E-state index contributed by atoms with van der Waals surface area (Å²) in [5.74, 6) is 0.463. The van der Waals surface area contributed by atoms with Crippen molar-refractivity contribution in [3.63, 3.8) is 0 Å². The van der Waals surface area contributed by atoms with Gasteiger partial charge in [0.25, 0.3) is 0 Å². The highest BCUT2D eigenvalue weighted by molar-refractivity contribution is 6.32. The molecule has 0 unspecified atom stereocenters. The van der Waals surface area contributed by atoms with Crippen LogP contribution >= 0.6 is 23.2 Å². The molecule has 0 aliphatic rings. The maximum atomic E-state index is 6.02. The standard InChI is InChI=1S/C10H8Cl2N2/c11-5-8-6-13-14(7-8)10-4-2-1-3-9(10)12/h1-4,6-7H,5H2. The number of aromatic nitrogens is 2. The predicted molar refractivity (Wildman–Crippen MR) is 58.1 cm³/mol. The van der Waals surface area contributed by atoms with E-state index in [4.69, 9.17) is 23.2 Å². The van der Waals surface area contributed by atoms with Gasteiger partial charge in [0.05, 0.1) is 22.8 Å². The van der Waals surface area contributed by atoms with Gasteiger partial charge < -0.3 is 0 Å². The maximum absolute atomic E-state index is 6.02.